The summed E-state index contributed by atoms with van der Waals surface area (Å²) in [5.74, 6) is 0.910. The molecule has 2 rings (SSSR count). The van der Waals surface area contributed by atoms with Crippen LogP contribution in [0.2, 0.25) is 0 Å². The molecule has 3 heteroatoms. The molecule has 0 aliphatic heterocycles. The van der Waals surface area contributed by atoms with Gasteiger partial charge < -0.3 is 10.6 Å². The van der Waals surface area contributed by atoms with Gasteiger partial charge in [0.15, 0.2) is 0 Å². The minimum Gasteiger partial charge on any atom is -0.358 e. The van der Waals surface area contributed by atoms with E-state index in [4.69, 9.17) is 0 Å². The molecule has 0 bridgehead atoms. The normalized spacial score (nSPS) is 10.2. The van der Waals surface area contributed by atoms with Gasteiger partial charge in [-0.2, -0.15) is 0 Å². The van der Waals surface area contributed by atoms with E-state index >= 15 is 0 Å². The molecule has 1 heterocycles. The number of nitrogens with zero attached hydrogens (tertiary/aromatic N) is 1. The van der Waals surface area contributed by atoms with E-state index in [-0.39, 0.29) is 0 Å². The third-order valence-electron chi connectivity index (χ3n) is 2.72. The highest BCUT2D eigenvalue weighted by atomic mass is 15.1. The van der Waals surface area contributed by atoms with Crippen molar-refractivity contribution in [3.63, 3.8) is 0 Å². The van der Waals surface area contributed by atoms with Crippen molar-refractivity contribution in [2.24, 2.45) is 0 Å². The summed E-state index contributed by atoms with van der Waals surface area (Å²) < 4.78 is 0. The van der Waals surface area contributed by atoms with Gasteiger partial charge in [0.25, 0.3) is 0 Å². The third kappa shape index (κ3) is 4.55. The van der Waals surface area contributed by atoms with Crippen LogP contribution >= 0.6 is 0 Å². The lowest BCUT2D eigenvalue weighted by atomic mass is 10.1. The van der Waals surface area contributed by atoms with Gasteiger partial charge in [-0.1, -0.05) is 36.4 Å². The van der Waals surface area contributed by atoms with E-state index in [0.29, 0.717) is 0 Å². The van der Waals surface area contributed by atoms with Gasteiger partial charge in [0, 0.05) is 6.20 Å². The number of rotatable bonds is 7. The molecule has 0 radical (unpaired) electrons. The summed E-state index contributed by atoms with van der Waals surface area (Å²) in [6.45, 7) is 1.76. The fraction of sp³-hybridized carbons (Fsp3) is 0.267. The molecule has 0 atom stereocenters. The lowest BCUT2D eigenvalue weighted by molar-refractivity contribution is 0.676. The van der Waals surface area contributed by atoms with E-state index in [1.165, 1.54) is 5.56 Å². The fourth-order valence-corrected chi connectivity index (χ4v) is 1.77. The van der Waals surface area contributed by atoms with Gasteiger partial charge in [-0.15, -0.1) is 0 Å². The number of nitrogens with one attached hydrogen (secondary N) is 2. The third-order valence-corrected chi connectivity index (χ3v) is 2.72. The van der Waals surface area contributed by atoms with Crippen LogP contribution in [0.3, 0.4) is 0 Å². The van der Waals surface area contributed by atoms with Crippen LogP contribution in [0.1, 0.15) is 12.0 Å². The zero-order valence-electron chi connectivity index (χ0n) is 10.5. The number of aryl methyl sites for hydroxylation is 1. The highest BCUT2D eigenvalue weighted by Gasteiger charge is 1.92. The molecule has 0 aliphatic carbocycles. The van der Waals surface area contributed by atoms with Gasteiger partial charge in [0.05, 0.1) is 6.67 Å². The van der Waals surface area contributed by atoms with Gasteiger partial charge in [0.1, 0.15) is 5.82 Å². The minimum atomic E-state index is 0.756. The van der Waals surface area contributed by atoms with Crippen LogP contribution in [0.4, 0.5) is 5.82 Å². The Balaban J connectivity index is 1.54. The Morgan fingerprint density at radius 2 is 1.78 bits per heavy atom. The van der Waals surface area contributed by atoms with Gasteiger partial charge in [-0.3, -0.25) is 0 Å². The van der Waals surface area contributed by atoms with E-state index in [1.54, 1.807) is 6.20 Å². The number of pyridine rings is 1. The average Bonchev–Trinajstić information content (AvgIpc) is 2.45. The van der Waals surface area contributed by atoms with Crippen molar-refractivity contribution < 1.29 is 0 Å². The number of hydrogen-bond acceptors (Lipinski definition) is 3. The summed E-state index contributed by atoms with van der Waals surface area (Å²) in [5.41, 5.74) is 1.40. The molecule has 0 unspecified atom stereocenters. The van der Waals surface area contributed by atoms with Crippen LogP contribution in [-0.4, -0.2) is 18.2 Å². The Kier molecular flexibility index (Phi) is 5.21. The molecule has 18 heavy (non-hydrogen) atoms. The second-order valence-corrected chi connectivity index (χ2v) is 4.16. The highest BCUT2D eigenvalue weighted by Crippen LogP contribution is 2.01. The molecule has 0 fully saturated rings. The fourth-order valence-electron chi connectivity index (χ4n) is 1.77. The quantitative estimate of drug-likeness (QED) is 0.578. The summed E-state index contributed by atoms with van der Waals surface area (Å²) in [6, 6.07) is 16.4. The topological polar surface area (TPSA) is 37.0 Å². The Morgan fingerprint density at radius 1 is 0.944 bits per heavy atom. The van der Waals surface area contributed by atoms with Crippen LogP contribution in [0.15, 0.2) is 54.7 Å². The zero-order valence-corrected chi connectivity index (χ0v) is 10.5. The van der Waals surface area contributed by atoms with Crippen LogP contribution in [0.5, 0.6) is 0 Å². The Morgan fingerprint density at radius 3 is 2.56 bits per heavy atom. The largest absolute Gasteiger partial charge is 0.358 e. The van der Waals surface area contributed by atoms with E-state index in [9.17, 15) is 0 Å². The molecule has 1 aromatic carbocycles. The number of aromatic nitrogens is 1. The first kappa shape index (κ1) is 12.6. The first-order chi connectivity index (χ1) is 8.95. The summed E-state index contributed by atoms with van der Waals surface area (Å²) in [7, 11) is 0. The highest BCUT2D eigenvalue weighted by molar-refractivity contribution is 5.32. The van der Waals surface area contributed by atoms with E-state index in [0.717, 1.165) is 31.9 Å². The van der Waals surface area contributed by atoms with Crippen LogP contribution in [0.25, 0.3) is 0 Å². The standard InChI is InChI=1S/C15H19N3/c1-2-7-14(8-3-1)9-6-11-16-13-18-15-10-4-5-12-17-15/h1-5,7-8,10,12,16H,6,9,11,13H2,(H,17,18). The van der Waals surface area contributed by atoms with E-state index in [1.807, 2.05) is 18.2 Å². The maximum absolute atomic E-state index is 4.19. The van der Waals surface area contributed by atoms with Gasteiger partial charge in [-0.05, 0) is 37.1 Å². The van der Waals surface area contributed by atoms with Crippen molar-refractivity contribution in [3.8, 4) is 0 Å². The number of anilines is 1. The van der Waals surface area contributed by atoms with Gasteiger partial charge in [0.2, 0.25) is 0 Å². The van der Waals surface area contributed by atoms with Gasteiger partial charge in [-0.25, -0.2) is 4.98 Å². The molecule has 0 aliphatic rings. The zero-order chi connectivity index (χ0) is 12.5. The van der Waals surface area contributed by atoms with Crippen molar-refractivity contribution in [3.05, 3.63) is 60.3 Å². The van der Waals surface area contributed by atoms with Crippen LogP contribution in [-0.2, 0) is 6.42 Å². The number of benzene rings is 1. The van der Waals surface area contributed by atoms with Crippen molar-refractivity contribution >= 4 is 5.82 Å². The molecular weight excluding hydrogens is 222 g/mol. The smallest absolute Gasteiger partial charge is 0.126 e. The van der Waals surface area contributed by atoms with Gasteiger partial charge >= 0.3 is 0 Å². The number of hydrogen-bond donors (Lipinski definition) is 2. The maximum atomic E-state index is 4.19. The van der Waals surface area contributed by atoms with Crippen LogP contribution in [0, 0.1) is 0 Å². The first-order valence-electron chi connectivity index (χ1n) is 6.35. The predicted octanol–water partition coefficient (Wildman–Crippen LogP) is 2.67. The Hall–Kier alpha value is -1.87. The Bertz CT molecular complexity index is 385. The molecule has 2 N–H and O–H groups in total. The van der Waals surface area contributed by atoms with Crippen molar-refractivity contribution in [1.29, 1.82) is 0 Å². The van der Waals surface area contributed by atoms with Crippen molar-refractivity contribution in [2.75, 3.05) is 18.5 Å². The molecule has 0 amide bonds. The van der Waals surface area contributed by atoms with Crippen molar-refractivity contribution in [1.82, 2.24) is 10.3 Å². The summed E-state index contributed by atoms with van der Waals surface area (Å²) in [6.07, 6.45) is 4.06. The molecule has 0 saturated heterocycles. The first-order valence-corrected chi connectivity index (χ1v) is 6.35. The van der Waals surface area contributed by atoms with Crippen LogP contribution < -0.4 is 10.6 Å². The molecule has 1 aromatic heterocycles. The molecule has 2 aromatic rings. The minimum absolute atomic E-state index is 0.756. The Labute approximate surface area is 108 Å². The molecule has 0 spiro atoms. The monoisotopic (exact) mass is 241 g/mol. The van der Waals surface area contributed by atoms with E-state index in [2.05, 4.69) is 45.9 Å². The summed E-state index contributed by atoms with van der Waals surface area (Å²) >= 11 is 0. The predicted molar refractivity (Wildman–Crippen MR) is 75.5 cm³/mol. The van der Waals surface area contributed by atoms with Crippen molar-refractivity contribution in [2.45, 2.75) is 12.8 Å². The molecule has 94 valence electrons. The average molecular weight is 241 g/mol. The molecule has 0 saturated carbocycles. The lowest BCUT2D eigenvalue weighted by Crippen LogP contribution is -2.23. The second-order valence-electron chi connectivity index (χ2n) is 4.16. The molecular formula is C15H19N3. The second kappa shape index (κ2) is 7.45. The summed E-state index contributed by atoms with van der Waals surface area (Å²) in [5, 5.41) is 6.57. The summed E-state index contributed by atoms with van der Waals surface area (Å²) in [4.78, 5) is 4.19. The SMILES string of the molecule is c1ccc(CCCNCNc2ccccn2)cc1. The maximum Gasteiger partial charge on any atom is 0.126 e. The lowest BCUT2D eigenvalue weighted by Gasteiger charge is -2.07. The molecule has 3 nitrogen and oxygen atoms in total. The van der Waals surface area contributed by atoms with E-state index < -0.39 is 0 Å².